The van der Waals surface area contributed by atoms with Gasteiger partial charge in [-0.05, 0) is 18.4 Å². The van der Waals surface area contributed by atoms with E-state index in [1.165, 1.54) is 18.4 Å². The second-order valence-corrected chi connectivity index (χ2v) is 6.95. The van der Waals surface area contributed by atoms with E-state index in [-0.39, 0.29) is 11.7 Å². The molecule has 0 bridgehead atoms. The summed E-state index contributed by atoms with van der Waals surface area (Å²) in [6.07, 6.45) is 0. The first-order chi connectivity index (χ1) is 7.35. The molecule has 5 nitrogen and oxygen atoms in total. The maximum absolute atomic E-state index is 11.9. The smallest absolute Gasteiger partial charge is 0.239 e. The third kappa shape index (κ3) is 1.69. The molecule has 88 valence electrons. The average molecular weight is 259 g/mol. The van der Waals surface area contributed by atoms with Crippen LogP contribution in [0.4, 0.5) is 0 Å². The lowest BCUT2D eigenvalue weighted by atomic mass is 10.0. The molecule has 0 aromatic carbocycles. The maximum atomic E-state index is 11.9. The van der Waals surface area contributed by atoms with Crippen molar-refractivity contribution in [1.29, 1.82) is 5.41 Å². The van der Waals surface area contributed by atoms with Crippen molar-refractivity contribution in [3.8, 4) is 0 Å². The molecule has 0 aliphatic carbocycles. The molecule has 1 saturated heterocycles. The van der Waals surface area contributed by atoms with Crippen LogP contribution in [0.1, 0.15) is 11.8 Å². The first-order valence-corrected chi connectivity index (χ1v) is 7.21. The average Bonchev–Trinajstić information content (AvgIpc) is 2.66. The second kappa shape index (κ2) is 3.46. The fourth-order valence-electron chi connectivity index (χ4n) is 1.70. The molecule has 0 saturated carbocycles. The van der Waals surface area contributed by atoms with Crippen molar-refractivity contribution in [3.63, 3.8) is 0 Å². The van der Waals surface area contributed by atoms with Crippen LogP contribution in [0.25, 0.3) is 0 Å². The van der Waals surface area contributed by atoms with Crippen LogP contribution >= 0.6 is 11.3 Å². The van der Waals surface area contributed by atoms with Crippen molar-refractivity contribution >= 4 is 27.3 Å². The highest BCUT2D eigenvalue weighted by atomic mass is 32.2. The van der Waals surface area contributed by atoms with Crippen LogP contribution in [-0.2, 0) is 15.6 Å². The summed E-state index contributed by atoms with van der Waals surface area (Å²) in [5.41, 5.74) is -0.698. The predicted octanol–water partition coefficient (Wildman–Crippen LogP) is 0.763. The Kier molecular flexibility index (Phi) is 2.47. The SMILES string of the molecule is CN1C(=N)N[C@](C)(c2cccs2)CS1(=O)=O. The summed E-state index contributed by atoms with van der Waals surface area (Å²) in [5, 5.41) is 12.5. The monoisotopic (exact) mass is 259 g/mol. The zero-order chi connectivity index (χ0) is 12.0. The summed E-state index contributed by atoms with van der Waals surface area (Å²) in [5.74, 6) is -0.110. The molecule has 0 radical (unpaired) electrons. The fourth-order valence-corrected chi connectivity index (χ4v) is 4.11. The van der Waals surface area contributed by atoms with Crippen LogP contribution in [0.3, 0.4) is 0 Å². The Morgan fingerprint density at radius 1 is 1.62 bits per heavy atom. The quantitative estimate of drug-likeness (QED) is 0.782. The summed E-state index contributed by atoms with van der Waals surface area (Å²) in [6, 6.07) is 3.76. The Morgan fingerprint density at radius 3 is 2.81 bits per heavy atom. The van der Waals surface area contributed by atoms with Crippen LogP contribution in [0, 0.1) is 5.41 Å². The first-order valence-electron chi connectivity index (χ1n) is 4.72. The molecule has 2 N–H and O–H groups in total. The highest BCUT2D eigenvalue weighted by Gasteiger charge is 2.42. The molecule has 0 amide bonds. The van der Waals surface area contributed by atoms with Gasteiger partial charge in [-0.25, -0.2) is 12.7 Å². The zero-order valence-electron chi connectivity index (χ0n) is 9.02. The van der Waals surface area contributed by atoms with E-state index in [1.807, 2.05) is 17.5 Å². The van der Waals surface area contributed by atoms with Crippen molar-refractivity contribution in [3.05, 3.63) is 22.4 Å². The lowest BCUT2D eigenvalue weighted by Crippen LogP contribution is -2.60. The second-order valence-electron chi connectivity index (χ2n) is 4.01. The van der Waals surface area contributed by atoms with E-state index < -0.39 is 15.6 Å². The summed E-state index contributed by atoms with van der Waals surface area (Å²) < 4.78 is 24.7. The lowest BCUT2D eigenvalue weighted by Gasteiger charge is -2.39. The lowest BCUT2D eigenvalue weighted by molar-refractivity contribution is 0.424. The fraction of sp³-hybridized carbons (Fsp3) is 0.444. The van der Waals surface area contributed by atoms with Crippen LogP contribution in [-0.4, -0.2) is 31.5 Å². The van der Waals surface area contributed by atoms with E-state index in [9.17, 15) is 8.42 Å². The van der Waals surface area contributed by atoms with E-state index >= 15 is 0 Å². The van der Waals surface area contributed by atoms with Crippen LogP contribution in [0.2, 0.25) is 0 Å². The largest absolute Gasteiger partial charge is 0.344 e. The van der Waals surface area contributed by atoms with Crippen molar-refractivity contribution in [2.24, 2.45) is 0 Å². The molecule has 1 aromatic rings. The van der Waals surface area contributed by atoms with Gasteiger partial charge in [-0.15, -0.1) is 11.3 Å². The highest BCUT2D eigenvalue weighted by Crippen LogP contribution is 2.30. The molecule has 1 atom stereocenters. The van der Waals surface area contributed by atoms with Gasteiger partial charge in [0.1, 0.15) is 0 Å². The Hall–Kier alpha value is -1.08. The molecule has 7 heteroatoms. The minimum absolute atomic E-state index is 0.0284. The minimum atomic E-state index is -3.39. The topological polar surface area (TPSA) is 73.3 Å². The van der Waals surface area contributed by atoms with Gasteiger partial charge in [0.15, 0.2) is 0 Å². The molecular weight excluding hydrogens is 246 g/mol. The van der Waals surface area contributed by atoms with Gasteiger partial charge >= 0.3 is 0 Å². The Labute approximate surface area is 98.6 Å². The van der Waals surface area contributed by atoms with Crippen molar-refractivity contribution < 1.29 is 8.42 Å². The molecule has 2 rings (SSSR count). The molecule has 2 heterocycles. The van der Waals surface area contributed by atoms with Crippen molar-refractivity contribution in [2.75, 3.05) is 12.8 Å². The molecule has 1 aliphatic heterocycles. The third-order valence-electron chi connectivity index (χ3n) is 2.66. The van der Waals surface area contributed by atoms with Crippen LogP contribution in [0.15, 0.2) is 17.5 Å². The van der Waals surface area contributed by atoms with Gasteiger partial charge < -0.3 is 5.32 Å². The number of nitrogens with zero attached hydrogens (tertiary/aromatic N) is 1. The number of hydrogen-bond donors (Lipinski definition) is 2. The molecule has 16 heavy (non-hydrogen) atoms. The van der Waals surface area contributed by atoms with Crippen LogP contribution in [0.5, 0.6) is 0 Å². The number of nitrogens with one attached hydrogen (secondary N) is 2. The van der Waals surface area contributed by atoms with Gasteiger partial charge in [-0.2, -0.15) is 0 Å². The van der Waals surface area contributed by atoms with Gasteiger partial charge in [-0.1, -0.05) is 6.07 Å². The number of hydrogen-bond acceptors (Lipinski definition) is 4. The number of rotatable bonds is 1. The van der Waals surface area contributed by atoms with E-state index in [0.717, 1.165) is 9.18 Å². The molecule has 1 fully saturated rings. The normalized spacial score (nSPS) is 28.9. The number of guanidine groups is 1. The number of sulfonamides is 1. The summed E-state index contributed by atoms with van der Waals surface area (Å²) in [6.45, 7) is 1.80. The van der Waals surface area contributed by atoms with E-state index in [0.29, 0.717) is 0 Å². The predicted molar refractivity (Wildman–Crippen MR) is 64.1 cm³/mol. The molecule has 1 aliphatic rings. The Bertz CT molecular complexity index is 509. The van der Waals surface area contributed by atoms with Gasteiger partial charge in [0.25, 0.3) is 0 Å². The maximum Gasteiger partial charge on any atom is 0.239 e. The zero-order valence-corrected chi connectivity index (χ0v) is 10.7. The summed E-state index contributed by atoms with van der Waals surface area (Å²) >= 11 is 1.49. The van der Waals surface area contributed by atoms with E-state index in [1.54, 1.807) is 6.92 Å². The van der Waals surface area contributed by atoms with E-state index in [2.05, 4.69) is 5.32 Å². The standard InChI is InChI=1S/C9H13N3O2S2/c1-9(7-4-3-5-15-7)6-16(13,14)12(2)8(10)11-9/h3-5H,6H2,1-2H3,(H2,10,11)/t9-/m0/s1. The summed E-state index contributed by atoms with van der Waals surface area (Å²) in [7, 11) is -2.00. The first kappa shape index (κ1) is 11.4. The van der Waals surface area contributed by atoms with Gasteiger partial charge in [0, 0.05) is 11.9 Å². The number of thiophene rings is 1. The van der Waals surface area contributed by atoms with Gasteiger partial charge in [0.05, 0.1) is 11.3 Å². The Balaban J connectivity index is 2.43. The molecule has 0 spiro atoms. The molecule has 0 unspecified atom stereocenters. The summed E-state index contributed by atoms with van der Waals surface area (Å²) in [4.78, 5) is 0.925. The molecular formula is C9H13N3O2S2. The van der Waals surface area contributed by atoms with Gasteiger partial charge in [-0.3, -0.25) is 5.41 Å². The molecule has 1 aromatic heterocycles. The minimum Gasteiger partial charge on any atom is -0.344 e. The third-order valence-corrected chi connectivity index (χ3v) is 5.76. The van der Waals surface area contributed by atoms with E-state index in [4.69, 9.17) is 5.41 Å². The van der Waals surface area contributed by atoms with Crippen molar-refractivity contribution in [2.45, 2.75) is 12.5 Å². The van der Waals surface area contributed by atoms with Crippen LogP contribution < -0.4 is 5.32 Å². The van der Waals surface area contributed by atoms with Gasteiger partial charge in [0.2, 0.25) is 16.0 Å². The highest BCUT2D eigenvalue weighted by molar-refractivity contribution is 7.89. The Morgan fingerprint density at radius 2 is 2.31 bits per heavy atom. The van der Waals surface area contributed by atoms with Crippen molar-refractivity contribution in [1.82, 2.24) is 9.62 Å².